The van der Waals surface area contributed by atoms with Crippen LogP contribution in [0.5, 0.6) is 5.75 Å². The van der Waals surface area contributed by atoms with Crippen LogP contribution in [-0.2, 0) is 16.0 Å². The van der Waals surface area contributed by atoms with Crippen molar-refractivity contribution >= 4 is 28.6 Å². The van der Waals surface area contributed by atoms with Gasteiger partial charge in [-0.05, 0) is 52.8 Å². The van der Waals surface area contributed by atoms with Gasteiger partial charge in [-0.1, -0.05) is 0 Å². The molecule has 0 aliphatic heterocycles. The lowest BCUT2D eigenvalue weighted by Crippen LogP contribution is -2.02. The molecule has 0 atom stereocenters. The van der Waals surface area contributed by atoms with Crippen LogP contribution in [0.2, 0.25) is 0 Å². The van der Waals surface area contributed by atoms with Gasteiger partial charge in [0.25, 0.3) is 0 Å². The Morgan fingerprint density at radius 1 is 1.57 bits per heavy atom. The highest BCUT2D eigenvalue weighted by Gasteiger charge is 2.05. The molecule has 0 spiro atoms. The van der Waals surface area contributed by atoms with Crippen molar-refractivity contribution < 1.29 is 14.6 Å². The van der Waals surface area contributed by atoms with E-state index in [1.807, 2.05) is 12.1 Å². The highest BCUT2D eigenvalue weighted by molar-refractivity contribution is 14.1. The van der Waals surface area contributed by atoms with E-state index in [2.05, 4.69) is 27.3 Å². The topological polar surface area (TPSA) is 46.5 Å². The molecule has 0 bridgehead atoms. The first-order chi connectivity index (χ1) is 6.63. The molecule has 4 heteroatoms. The minimum absolute atomic E-state index is 0.231. The fourth-order valence-electron chi connectivity index (χ4n) is 1.09. The number of esters is 1. The molecule has 0 unspecified atom stereocenters. The summed E-state index contributed by atoms with van der Waals surface area (Å²) in [6.45, 7) is 0. The number of carbonyl (C=O) groups is 1. The fourth-order valence-corrected chi connectivity index (χ4v) is 1.65. The standard InChI is InChI=1S/C10H11IO3/c1-14-10(13)5-2-7-6-8(11)3-4-9(7)12/h3-4,6,12H,2,5H2,1H3. The molecule has 1 N–H and O–H groups in total. The van der Waals surface area contributed by atoms with Crippen LogP contribution >= 0.6 is 22.6 Å². The Balaban J connectivity index is 2.66. The largest absolute Gasteiger partial charge is 0.508 e. The number of ether oxygens (including phenoxy) is 1. The Hall–Kier alpha value is -0.780. The van der Waals surface area contributed by atoms with Gasteiger partial charge in [0, 0.05) is 9.99 Å². The molecule has 0 aromatic heterocycles. The summed E-state index contributed by atoms with van der Waals surface area (Å²) in [5.74, 6) is -0.0300. The Bertz CT molecular complexity index is 336. The molecule has 76 valence electrons. The van der Waals surface area contributed by atoms with Gasteiger partial charge >= 0.3 is 5.97 Å². The Kier molecular flexibility index (Phi) is 4.19. The summed E-state index contributed by atoms with van der Waals surface area (Å²) in [4.78, 5) is 10.9. The molecular weight excluding hydrogens is 295 g/mol. The van der Waals surface area contributed by atoms with Gasteiger partial charge in [0.05, 0.1) is 7.11 Å². The number of aryl methyl sites for hydroxylation is 1. The molecular formula is C10H11IO3. The highest BCUT2D eigenvalue weighted by Crippen LogP contribution is 2.20. The van der Waals surface area contributed by atoms with E-state index in [9.17, 15) is 9.90 Å². The summed E-state index contributed by atoms with van der Waals surface area (Å²) in [6.07, 6.45) is 0.805. The number of methoxy groups -OCH3 is 1. The van der Waals surface area contributed by atoms with E-state index in [0.717, 1.165) is 9.13 Å². The zero-order chi connectivity index (χ0) is 10.6. The van der Waals surface area contributed by atoms with E-state index in [1.165, 1.54) is 7.11 Å². The number of phenols is 1. The molecule has 0 aliphatic carbocycles. The third kappa shape index (κ3) is 3.17. The smallest absolute Gasteiger partial charge is 0.305 e. The monoisotopic (exact) mass is 306 g/mol. The Labute approximate surface area is 96.2 Å². The van der Waals surface area contributed by atoms with Crippen LogP contribution in [0.15, 0.2) is 18.2 Å². The van der Waals surface area contributed by atoms with E-state index in [0.29, 0.717) is 12.8 Å². The van der Waals surface area contributed by atoms with Crippen molar-refractivity contribution in [3.8, 4) is 5.75 Å². The minimum atomic E-state index is -0.261. The van der Waals surface area contributed by atoms with Gasteiger partial charge in [-0.25, -0.2) is 0 Å². The second-order valence-corrected chi connectivity index (χ2v) is 4.09. The molecule has 1 aromatic rings. The normalized spacial score (nSPS) is 9.86. The number of carbonyl (C=O) groups excluding carboxylic acids is 1. The molecule has 0 radical (unpaired) electrons. The first kappa shape index (κ1) is 11.3. The number of hydrogen-bond acceptors (Lipinski definition) is 3. The molecule has 0 saturated heterocycles. The second kappa shape index (κ2) is 5.19. The van der Waals surface area contributed by atoms with Gasteiger partial charge in [-0.3, -0.25) is 4.79 Å². The SMILES string of the molecule is COC(=O)CCc1cc(I)ccc1O. The van der Waals surface area contributed by atoms with Crippen molar-refractivity contribution in [1.29, 1.82) is 0 Å². The zero-order valence-electron chi connectivity index (χ0n) is 7.79. The lowest BCUT2D eigenvalue weighted by Gasteiger charge is -2.04. The first-order valence-electron chi connectivity index (χ1n) is 4.17. The summed E-state index contributed by atoms with van der Waals surface area (Å²) < 4.78 is 5.56. The Morgan fingerprint density at radius 3 is 2.93 bits per heavy atom. The fraction of sp³-hybridized carbons (Fsp3) is 0.300. The van der Waals surface area contributed by atoms with Crippen LogP contribution in [-0.4, -0.2) is 18.2 Å². The van der Waals surface area contributed by atoms with Gasteiger partial charge in [-0.15, -0.1) is 0 Å². The van der Waals surface area contributed by atoms with Gasteiger partial charge in [0.15, 0.2) is 0 Å². The van der Waals surface area contributed by atoms with Crippen LogP contribution in [0.4, 0.5) is 0 Å². The highest BCUT2D eigenvalue weighted by atomic mass is 127. The lowest BCUT2D eigenvalue weighted by atomic mass is 10.1. The van der Waals surface area contributed by atoms with Crippen molar-refractivity contribution in [2.24, 2.45) is 0 Å². The average molecular weight is 306 g/mol. The molecule has 0 fully saturated rings. The van der Waals surface area contributed by atoms with Gasteiger partial charge in [0.1, 0.15) is 5.75 Å². The number of benzene rings is 1. The predicted molar refractivity (Wildman–Crippen MR) is 61.2 cm³/mol. The van der Waals surface area contributed by atoms with E-state index in [4.69, 9.17) is 0 Å². The second-order valence-electron chi connectivity index (χ2n) is 2.85. The number of hydrogen-bond donors (Lipinski definition) is 1. The summed E-state index contributed by atoms with van der Waals surface area (Å²) >= 11 is 2.16. The molecule has 3 nitrogen and oxygen atoms in total. The summed E-state index contributed by atoms with van der Waals surface area (Å²) in [7, 11) is 1.36. The zero-order valence-corrected chi connectivity index (χ0v) is 9.95. The minimum Gasteiger partial charge on any atom is -0.508 e. The number of aromatic hydroxyl groups is 1. The first-order valence-corrected chi connectivity index (χ1v) is 5.25. The van der Waals surface area contributed by atoms with Crippen LogP contribution in [0, 0.1) is 3.57 Å². The van der Waals surface area contributed by atoms with Gasteiger partial charge in [-0.2, -0.15) is 0 Å². The molecule has 0 heterocycles. The van der Waals surface area contributed by atoms with E-state index < -0.39 is 0 Å². The van der Waals surface area contributed by atoms with Crippen molar-refractivity contribution in [2.75, 3.05) is 7.11 Å². The molecule has 0 saturated carbocycles. The van der Waals surface area contributed by atoms with E-state index in [-0.39, 0.29) is 11.7 Å². The maximum Gasteiger partial charge on any atom is 0.305 e. The lowest BCUT2D eigenvalue weighted by molar-refractivity contribution is -0.140. The molecule has 1 rings (SSSR count). The molecule has 14 heavy (non-hydrogen) atoms. The molecule has 0 aliphatic rings. The van der Waals surface area contributed by atoms with Crippen molar-refractivity contribution in [3.63, 3.8) is 0 Å². The average Bonchev–Trinajstić information content (AvgIpc) is 2.19. The van der Waals surface area contributed by atoms with Crippen LogP contribution < -0.4 is 0 Å². The summed E-state index contributed by atoms with van der Waals surface area (Å²) in [5.41, 5.74) is 0.780. The van der Waals surface area contributed by atoms with Crippen LogP contribution in [0.25, 0.3) is 0 Å². The molecule has 0 amide bonds. The summed E-state index contributed by atoms with van der Waals surface area (Å²) in [5, 5.41) is 9.47. The summed E-state index contributed by atoms with van der Waals surface area (Å²) in [6, 6.07) is 5.31. The predicted octanol–water partition coefficient (Wildman–Crippen LogP) is 2.10. The van der Waals surface area contributed by atoms with Crippen LogP contribution in [0.3, 0.4) is 0 Å². The maximum absolute atomic E-state index is 10.9. The maximum atomic E-state index is 10.9. The number of phenolic OH excluding ortho intramolecular Hbond substituents is 1. The van der Waals surface area contributed by atoms with E-state index in [1.54, 1.807) is 6.07 Å². The number of halogens is 1. The Morgan fingerprint density at radius 2 is 2.29 bits per heavy atom. The third-order valence-corrected chi connectivity index (χ3v) is 2.54. The molecule has 1 aromatic carbocycles. The van der Waals surface area contributed by atoms with Crippen molar-refractivity contribution in [2.45, 2.75) is 12.8 Å². The number of rotatable bonds is 3. The van der Waals surface area contributed by atoms with E-state index >= 15 is 0 Å². The third-order valence-electron chi connectivity index (χ3n) is 1.87. The van der Waals surface area contributed by atoms with Crippen molar-refractivity contribution in [3.05, 3.63) is 27.3 Å². The quantitative estimate of drug-likeness (QED) is 0.687. The van der Waals surface area contributed by atoms with Crippen molar-refractivity contribution in [1.82, 2.24) is 0 Å². The van der Waals surface area contributed by atoms with Gasteiger partial charge in [0.2, 0.25) is 0 Å². The van der Waals surface area contributed by atoms with Gasteiger partial charge < -0.3 is 9.84 Å². The van der Waals surface area contributed by atoms with Crippen LogP contribution in [0.1, 0.15) is 12.0 Å².